The quantitative estimate of drug-likeness (QED) is 0.813. The van der Waals surface area contributed by atoms with Crippen molar-refractivity contribution in [3.8, 4) is 0 Å². The topological polar surface area (TPSA) is 73.6 Å². The minimum atomic E-state index is -0.490. The largest absolute Gasteiger partial charge is 0.492 e. The van der Waals surface area contributed by atoms with E-state index in [1.54, 1.807) is 0 Å². The number of amides is 1. The lowest BCUT2D eigenvalue weighted by Crippen LogP contribution is -2.41. The smallest absolute Gasteiger partial charge is 0.400 e. The molecule has 0 bridgehead atoms. The summed E-state index contributed by atoms with van der Waals surface area (Å²) in [6.45, 7) is 10.4. The number of benzene rings is 1. The van der Waals surface area contributed by atoms with Gasteiger partial charge in [-0.15, -0.1) is 0 Å². The molecule has 1 amide bonds. The van der Waals surface area contributed by atoms with Crippen LogP contribution in [0.2, 0.25) is 0 Å². The maximum Gasteiger partial charge on any atom is 0.492 e. The lowest BCUT2D eigenvalue weighted by atomic mass is 9.77. The van der Waals surface area contributed by atoms with E-state index in [0.29, 0.717) is 13.1 Å². The summed E-state index contributed by atoms with van der Waals surface area (Å²) >= 11 is 0. The average Bonchev–Trinajstić information content (AvgIpc) is 2.72. The zero-order valence-electron chi connectivity index (χ0n) is 15.2. The van der Waals surface area contributed by atoms with Crippen LogP contribution in [0.4, 0.5) is 0 Å². The zero-order valence-corrected chi connectivity index (χ0v) is 15.2. The summed E-state index contributed by atoms with van der Waals surface area (Å²) in [5.41, 5.74) is 7.77. The van der Waals surface area contributed by atoms with Gasteiger partial charge in [0.25, 0.3) is 0 Å². The molecular formula is C18H27BN2O3. The van der Waals surface area contributed by atoms with Gasteiger partial charge in [0.15, 0.2) is 0 Å². The Morgan fingerprint density at radius 2 is 1.71 bits per heavy atom. The Kier molecular flexibility index (Phi) is 5.53. The first-order chi connectivity index (χ1) is 11.1. The van der Waals surface area contributed by atoms with Gasteiger partial charge in [-0.2, -0.15) is 0 Å². The van der Waals surface area contributed by atoms with E-state index in [4.69, 9.17) is 15.0 Å². The van der Waals surface area contributed by atoms with Crippen LogP contribution < -0.4 is 11.1 Å². The number of carbonyl (C=O) groups is 1. The van der Waals surface area contributed by atoms with Gasteiger partial charge in [-0.05, 0) is 44.3 Å². The molecule has 1 aliphatic rings. The molecule has 1 aromatic carbocycles. The van der Waals surface area contributed by atoms with Crippen LogP contribution in [0.15, 0.2) is 29.7 Å². The van der Waals surface area contributed by atoms with Crippen LogP contribution in [0.1, 0.15) is 45.7 Å². The molecule has 0 unspecified atom stereocenters. The summed E-state index contributed by atoms with van der Waals surface area (Å²) in [7, 11) is -0.490. The van der Waals surface area contributed by atoms with Crippen molar-refractivity contribution in [3.05, 3.63) is 40.9 Å². The number of carbonyl (C=O) groups excluding carboxylic acids is 1. The molecule has 1 fully saturated rings. The van der Waals surface area contributed by atoms with E-state index in [2.05, 4.69) is 5.32 Å². The number of rotatable bonds is 5. The second kappa shape index (κ2) is 7.09. The molecule has 0 spiro atoms. The second-order valence-electron chi connectivity index (χ2n) is 7.16. The highest BCUT2D eigenvalue weighted by atomic mass is 16.7. The number of hydrogen-bond acceptors (Lipinski definition) is 4. The van der Waals surface area contributed by atoms with Crippen LogP contribution in [0, 0.1) is 0 Å². The van der Waals surface area contributed by atoms with Gasteiger partial charge in [-0.25, -0.2) is 0 Å². The van der Waals surface area contributed by atoms with Gasteiger partial charge in [0.2, 0.25) is 5.91 Å². The van der Waals surface area contributed by atoms with Gasteiger partial charge < -0.3 is 20.4 Å². The minimum Gasteiger partial charge on any atom is -0.400 e. The van der Waals surface area contributed by atoms with Gasteiger partial charge in [-0.3, -0.25) is 4.79 Å². The highest BCUT2D eigenvalue weighted by molar-refractivity contribution is 6.56. The maximum atomic E-state index is 11.3. The predicted octanol–water partition coefficient (Wildman–Crippen LogP) is 2.30. The Bertz CT molecular complexity index is 608. The molecule has 6 heteroatoms. The van der Waals surface area contributed by atoms with Crippen LogP contribution in [0.5, 0.6) is 0 Å². The van der Waals surface area contributed by atoms with Crippen LogP contribution in [-0.4, -0.2) is 30.8 Å². The molecule has 1 aliphatic heterocycles. The molecule has 24 heavy (non-hydrogen) atoms. The average molecular weight is 330 g/mol. The fourth-order valence-corrected chi connectivity index (χ4v) is 2.39. The molecule has 0 aliphatic carbocycles. The van der Waals surface area contributed by atoms with Crippen LogP contribution >= 0.6 is 0 Å². The van der Waals surface area contributed by atoms with Crippen molar-refractivity contribution >= 4 is 19.1 Å². The van der Waals surface area contributed by atoms with Crippen LogP contribution in [0.3, 0.4) is 0 Å². The van der Waals surface area contributed by atoms with Gasteiger partial charge in [0, 0.05) is 20.0 Å². The van der Waals surface area contributed by atoms with E-state index in [0.717, 1.165) is 16.6 Å². The van der Waals surface area contributed by atoms with Crippen molar-refractivity contribution < 1.29 is 14.1 Å². The molecule has 0 aromatic heterocycles. The molecule has 130 valence electrons. The summed E-state index contributed by atoms with van der Waals surface area (Å²) < 4.78 is 12.2. The third-order valence-electron chi connectivity index (χ3n) is 4.66. The fraction of sp³-hybridized carbons (Fsp3) is 0.500. The Hall–Kier alpha value is -1.63. The molecule has 1 aromatic rings. The standard InChI is InChI=1S/C18H27BN2O3/c1-13(22)21-12-16(10-14-6-8-15(11-20)9-7-14)19-23-17(2,3)18(4,5)24-19/h6-10H,11-12,20H2,1-5H3,(H,21,22). The third kappa shape index (κ3) is 4.26. The van der Waals surface area contributed by atoms with E-state index in [-0.39, 0.29) is 5.91 Å². The summed E-state index contributed by atoms with van der Waals surface area (Å²) in [5, 5.41) is 2.83. The summed E-state index contributed by atoms with van der Waals surface area (Å²) in [5.74, 6) is -0.0871. The Labute approximate surface area is 144 Å². The van der Waals surface area contributed by atoms with E-state index < -0.39 is 18.3 Å². The first-order valence-electron chi connectivity index (χ1n) is 8.24. The highest BCUT2D eigenvalue weighted by Crippen LogP contribution is 2.38. The van der Waals surface area contributed by atoms with Crippen molar-refractivity contribution in [3.63, 3.8) is 0 Å². The van der Waals surface area contributed by atoms with Gasteiger partial charge in [0.05, 0.1) is 11.2 Å². The van der Waals surface area contributed by atoms with Gasteiger partial charge in [0.1, 0.15) is 0 Å². The van der Waals surface area contributed by atoms with Crippen molar-refractivity contribution in [1.29, 1.82) is 0 Å². The predicted molar refractivity (Wildman–Crippen MR) is 97.1 cm³/mol. The first kappa shape index (κ1) is 18.7. The minimum absolute atomic E-state index is 0.0871. The number of hydrogen-bond donors (Lipinski definition) is 2. The fourth-order valence-electron chi connectivity index (χ4n) is 2.39. The number of nitrogens with one attached hydrogen (secondary N) is 1. The molecule has 0 radical (unpaired) electrons. The van der Waals surface area contributed by atoms with Crippen molar-refractivity contribution in [2.24, 2.45) is 5.73 Å². The Morgan fingerprint density at radius 3 is 2.17 bits per heavy atom. The van der Waals surface area contributed by atoms with Crippen molar-refractivity contribution in [2.45, 2.75) is 52.4 Å². The molecule has 3 N–H and O–H groups in total. The van der Waals surface area contributed by atoms with E-state index in [9.17, 15) is 4.79 Å². The number of nitrogens with two attached hydrogens (primary N) is 1. The SMILES string of the molecule is CC(=O)NCC(=Cc1ccc(CN)cc1)B1OC(C)(C)C(C)(C)O1. The van der Waals surface area contributed by atoms with E-state index >= 15 is 0 Å². The molecule has 1 saturated heterocycles. The van der Waals surface area contributed by atoms with Crippen molar-refractivity contribution in [2.75, 3.05) is 6.54 Å². The first-order valence-corrected chi connectivity index (χ1v) is 8.24. The Balaban J connectivity index is 2.27. The van der Waals surface area contributed by atoms with Crippen LogP contribution in [-0.2, 0) is 20.6 Å². The van der Waals surface area contributed by atoms with Gasteiger partial charge >= 0.3 is 7.12 Å². The Morgan fingerprint density at radius 1 is 1.17 bits per heavy atom. The lowest BCUT2D eigenvalue weighted by molar-refractivity contribution is -0.118. The van der Waals surface area contributed by atoms with Crippen molar-refractivity contribution in [1.82, 2.24) is 5.32 Å². The molecular weight excluding hydrogens is 303 g/mol. The summed E-state index contributed by atoms with van der Waals surface area (Å²) in [6, 6.07) is 7.99. The molecule has 2 rings (SSSR count). The third-order valence-corrected chi connectivity index (χ3v) is 4.66. The molecule has 1 heterocycles. The molecule has 0 atom stereocenters. The molecule has 5 nitrogen and oxygen atoms in total. The zero-order chi connectivity index (χ0) is 18.0. The molecule has 0 saturated carbocycles. The highest BCUT2D eigenvalue weighted by Gasteiger charge is 2.52. The maximum absolute atomic E-state index is 11.3. The monoisotopic (exact) mass is 330 g/mol. The normalized spacial score (nSPS) is 19.4. The lowest BCUT2D eigenvalue weighted by Gasteiger charge is -2.32. The summed E-state index contributed by atoms with van der Waals surface area (Å²) in [4.78, 5) is 11.3. The summed E-state index contributed by atoms with van der Waals surface area (Å²) in [6.07, 6.45) is 2.00. The second-order valence-corrected chi connectivity index (χ2v) is 7.16. The van der Waals surface area contributed by atoms with Gasteiger partial charge in [-0.1, -0.05) is 30.3 Å². The van der Waals surface area contributed by atoms with E-state index in [1.807, 2.05) is 58.0 Å². The van der Waals surface area contributed by atoms with E-state index in [1.165, 1.54) is 6.92 Å². The van der Waals surface area contributed by atoms with Crippen LogP contribution in [0.25, 0.3) is 6.08 Å².